The molecule has 0 saturated carbocycles. The van der Waals surface area contributed by atoms with E-state index >= 15 is 0 Å². The lowest BCUT2D eigenvalue weighted by atomic mass is 9.98. The van der Waals surface area contributed by atoms with Crippen molar-refractivity contribution in [1.82, 2.24) is 4.98 Å². The molecular weight excluding hydrogens is 396 g/mol. The summed E-state index contributed by atoms with van der Waals surface area (Å²) in [4.78, 5) is 17.2. The van der Waals surface area contributed by atoms with Gasteiger partial charge in [-0.2, -0.15) is 0 Å². The molecule has 3 aromatic rings. The zero-order chi connectivity index (χ0) is 21.1. The van der Waals surface area contributed by atoms with Gasteiger partial charge in [-0.3, -0.25) is 10.1 Å². The second-order valence-electron chi connectivity index (χ2n) is 7.74. The lowest BCUT2D eigenvalue weighted by molar-refractivity contribution is 0.0679. The van der Waals surface area contributed by atoms with Crippen molar-refractivity contribution in [3.63, 3.8) is 0 Å². The Hall–Kier alpha value is -2.70. The van der Waals surface area contributed by atoms with Gasteiger partial charge in [0, 0.05) is 23.1 Å². The van der Waals surface area contributed by atoms with E-state index in [0.29, 0.717) is 17.3 Å². The molecule has 0 radical (unpaired) electrons. The average molecular weight is 423 g/mol. The van der Waals surface area contributed by atoms with Gasteiger partial charge < -0.3 is 9.47 Å². The van der Waals surface area contributed by atoms with Crippen molar-refractivity contribution in [3.05, 3.63) is 64.0 Å². The van der Waals surface area contributed by atoms with E-state index in [9.17, 15) is 4.79 Å². The van der Waals surface area contributed by atoms with E-state index in [1.54, 1.807) is 12.1 Å². The highest BCUT2D eigenvalue weighted by Gasteiger charge is 2.16. The van der Waals surface area contributed by atoms with Gasteiger partial charge in [0.15, 0.2) is 5.13 Å². The first kappa shape index (κ1) is 20.6. The second-order valence-corrected chi connectivity index (χ2v) is 8.59. The number of benzene rings is 2. The molecule has 4 rings (SSSR count). The summed E-state index contributed by atoms with van der Waals surface area (Å²) >= 11 is 1.43. The van der Waals surface area contributed by atoms with Gasteiger partial charge in [0.1, 0.15) is 12.4 Å². The number of amides is 1. The Labute approximate surface area is 181 Å². The van der Waals surface area contributed by atoms with Gasteiger partial charge in [0.2, 0.25) is 0 Å². The molecule has 1 saturated heterocycles. The second kappa shape index (κ2) is 8.98. The number of anilines is 1. The number of hydrogen-bond acceptors (Lipinski definition) is 5. The third-order valence-electron chi connectivity index (χ3n) is 5.23. The number of thiazole rings is 1. The van der Waals surface area contributed by atoms with E-state index in [0.717, 1.165) is 36.5 Å². The van der Waals surface area contributed by atoms with E-state index in [1.807, 2.05) is 17.5 Å². The van der Waals surface area contributed by atoms with Gasteiger partial charge in [0.25, 0.3) is 5.91 Å². The molecule has 5 nitrogen and oxygen atoms in total. The van der Waals surface area contributed by atoms with Crippen LogP contribution in [0.2, 0.25) is 0 Å². The largest absolute Gasteiger partial charge is 0.491 e. The van der Waals surface area contributed by atoms with Crippen molar-refractivity contribution in [2.24, 2.45) is 0 Å². The first-order valence-electron chi connectivity index (χ1n) is 10.2. The van der Waals surface area contributed by atoms with Crippen molar-refractivity contribution in [2.75, 3.05) is 18.5 Å². The van der Waals surface area contributed by atoms with Crippen LogP contribution in [0.1, 0.15) is 39.9 Å². The van der Waals surface area contributed by atoms with Crippen molar-refractivity contribution in [3.8, 4) is 17.0 Å². The number of aryl methyl sites for hydroxylation is 3. The number of aromatic nitrogens is 1. The van der Waals surface area contributed by atoms with E-state index in [-0.39, 0.29) is 12.0 Å². The number of rotatable bonds is 6. The van der Waals surface area contributed by atoms with E-state index in [4.69, 9.17) is 9.47 Å². The maximum atomic E-state index is 12.6. The summed E-state index contributed by atoms with van der Waals surface area (Å²) in [7, 11) is 0. The molecule has 156 valence electrons. The number of nitrogens with zero attached hydrogens (tertiary/aromatic N) is 1. The number of nitrogens with one attached hydrogen (secondary N) is 1. The van der Waals surface area contributed by atoms with Gasteiger partial charge >= 0.3 is 0 Å². The van der Waals surface area contributed by atoms with Crippen molar-refractivity contribution in [2.45, 2.75) is 39.7 Å². The van der Waals surface area contributed by atoms with Gasteiger partial charge in [-0.1, -0.05) is 17.7 Å². The van der Waals surface area contributed by atoms with Gasteiger partial charge in [-0.15, -0.1) is 11.3 Å². The Bertz CT molecular complexity index is 1010. The summed E-state index contributed by atoms with van der Waals surface area (Å²) in [5, 5.41) is 5.48. The zero-order valence-corrected chi connectivity index (χ0v) is 18.3. The van der Waals surface area contributed by atoms with Crippen LogP contribution in [0.4, 0.5) is 5.13 Å². The molecule has 1 N–H and O–H groups in total. The molecule has 1 aromatic heterocycles. The Morgan fingerprint density at radius 3 is 2.60 bits per heavy atom. The smallest absolute Gasteiger partial charge is 0.257 e. The third kappa shape index (κ3) is 4.71. The molecule has 1 amide bonds. The third-order valence-corrected chi connectivity index (χ3v) is 5.99. The number of ether oxygens (including phenoxy) is 2. The molecule has 1 aliphatic rings. The van der Waals surface area contributed by atoms with Crippen LogP contribution in [0, 0.1) is 20.8 Å². The monoisotopic (exact) mass is 422 g/mol. The summed E-state index contributed by atoms with van der Waals surface area (Å²) < 4.78 is 11.3. The molecule has 1 unspecified atom stereocenters. The molecule has 0 aliphatic carbocycles. The van der Waals surface area contributed by atoms with Crippen LogP contribution in [0.3, 0.4) is 0 Å². The maximum absolute atomic E-state index is 12.6. The standard InChI is InChI=1S/C24H26N2O3S/c1-15-11-16(2)22(17(3)12-15)21-14-30-24(25-21)26-23(27)18-6-8-19(9-7-18)29-13-20-5-4-10-28-20/h6-9,11-12,14,20H,4-5,10,13H2,1-3H3,(H,25,26,27). The van der Waals surface area contributed by atoms with Crippen molar-refractivity contribution < 1.29 is 14.3 Å². The fourth-order valence-electron chi connectivity index (χ4n) is 3.87. The van der Waals surface area contributed by atoms with Crippen LogP contribution in [-0.4, -0.2) is 30.2 Å². The Morgan fingerprint density at radius 2 is 1.93 bits per heavy atom. The quantitative estimate of drug-likeness (QED) is 0.566. The molecule has 1 atom stereocenters. The summed E-state index contributed by atoms with van der Waals surface area (Å²) in [6.07, 6.45) is 2.31. The molecule has 30 heavy (non-hydrogen) atoms. The number of carbonyl (C=O) groups is 1. The number of hydrogen-bond donors (Lipinski definition) is 1. The summed E-state index contributed by atoms with van der Waals surface area (Å²) in [5.74, 6) is 0.558. The van der Waals surface area contributed by atoms with Crippen molar-refractivity contribution in [1.29, 1.82) is 0 Å². The molecule has 1 fully saturated rings. The molecule has 0 bridgehead atoms. The summed E-state index contributed by atoms with van der Waals surface area (Å²) in [6.45, 7) is 7.64. The highest BCUT2D eigenvalue weighted by atomic mass is 32.1. The molecular formula is C24H26N2O3S. The van der Waals surface area contributed by atoms with Crippen LogP contribution < -0.4 is 10.1 Å². The molecule has 0 spiro atoms. The predicted octanol–water partition coefficient (Wildman–Crippen LogP) is 5.55. The van der Waals surface area contributed by atoms with E-state index in [1.165, 1.54) is 28.0 Å². The molecule has 1 aliphatic heterocycles. The van der Waals surface area contributed by atoms with Gasteiger partial charge in [0.05, 0.1) is 11.8 Å². The fourth-order valence-corrected chi connectivity index (χ4v) is 4.56. The van der Waals surface area contributed by atoms with E-state index < -0.39 is 0 Å². The molecule has 2 aromatic carbocycles. The minimum absolute atomic E-state index is 0.174. The Kier molecular flexibility index (Phi) is 6.16. The predicted molar refractivity (Wildman–Crippen MR) is 121 cm³/mol. The van der Waals surface area contributed by atoms with Crippen LogP contribution in [0.15, 0.2) is 41.8 Å². The Morgan fingerprint density at radius 1 is 1.20 bits per heavy atom. The normalized spacial score (nSPS) is 15.9. The van der Waals surface area contributed by atoms with Gasteiger partial charge in [-0.05, 0) is 69.0 Å². The van der Waals surface area contributed by atoms with Crippen LogP contribution in [-0.2, 0) is 4.74 Å². The van der Waals surface area contributed by atoms with Crippen molar-refractivity contribution >= 4 is 22.4 Å². The molecule has 2 heterocycles. The maximum Gasteiger partial charge on any atom is 0.257 e. The summed E-state index contributed by atoms with van der Waals surface area (Å²) in [6, 6.07) is 11.5. The SMILES string of the molecule is Cc1cc(C)c(-c2csc(NC(=O)c3ccc(OCC4CCCO4)cc3)n2)c(C)c1. The van der Waals surface area contributed by atoms with Crippen LogP contribution in [0.25, 0.3) is 11.3 Å². The first-order chi connectivity index (χ1) is 14.5. The van der Waals surface area contributed by atoms with Gasteiger partial charge in [-0.25, -0.2) is 4.98 Å². The lowest BCUT2D eigenvalue weighted by Gasteiger charge is -2.11. The topological polar surface area (TPSA) is 60.5 Å². The number of carbonyl (C=O) groups excluding carboxylic acids is 1. The first-order valence-corrected chi connectivity index (χ1v) is 11.1. The highest BCUT2D eigenvalue weighted by Crippen LogP contribution is 2.31. The highest BCUT2D eigenvalue weighted by molar-refractivity contribution is 7.14. The minimum Gasteiger partial charge on any atom is -0.491 e. The lowest BCUT2D eigenvalue weighted by Crippen LogP contribution is -2.16. The zero-order valence-electron chi connectivity index (χ0n) is 17.5. The summed E-state index contributed by atoms with van der Waals surface area (Å²) in [5.41, 5.74) is 6.21. The van der Waals surface area contributed by atoms with Crippen LogP contribution in [0.5, 0.6) is 5.75 Å². The minimum atomic E-state index is -0.182. The van der Waals surface area contributed by atoms with Crippen LogP contribution >= 0.6 is 11.3 Å². The Balaban J connectivity index is 1.39. The average Bonchev–Trinajstić information content (AvgIpc) is 3.38. The van der Waals surface area contributed by atoms with E-state index in [2.05, 4.69) is 43.2 Å². The fraction of sp³-hybridized carbons (Fsp3) is 0.333. The molecule has 6 heteroatoms.